The number of hydrogen-bond donors (Lipinski definition) is 2. The van der Waals surface area contributed by atoms with Crippen molar-refractivity contribution < 1.29 is 24.6 Å². The molecule has 0 aromatic heterocycles. The van der Waals surface area contributed by atoms with Gasteiger partial charge in [0.2, 0.25) is 0 Å². The van der Waals surface area contributed by atoms with Crippen LogP contribution in [0.1, 0.15) is 46.1 Å². The number of Topliss-reactive ketones (excluding diaryl/α,β-unsaturated/α-hetero) is 2. The third-order valence-corrected chi connectivity index (χ3v) is 5.30. The fourth-order valence-electron chi connectivity index (χ4n) is 3.47. The Morgan fingerprint density at radius 1 is 1.17 bits per heavy atom. The second-order valence-corrected chi connectivity index (χ2v) is 7.58. The first kappa shape index (κ1) is 22.7. The van der Waals surface area contributed by atoms with E-state index in [1.54, 1.807) is 36.4 Å². The van der Waals surface area contributed by atoms with Crippen LogP contribution in [0.2, 0.25) is 0 Å². The minimum atomic E-state index is -2.36. The quantitative estimate of drug-likeness (QED) is 0.520. The van der Waals surface area contributed by atoms with Crippen LogP contribution in [-0.4, -0.2) is 39.3 Å². The molecule has 0 radical (unpaired) electrons. The molecule has 1 aliphatic rings. The second kappa shape index (κ2) is 9.25. The first-order chi connectivity index (χ1) is 13.6. The highest BCUT2D eigenvalue weighted by molar-refractivity contribution is 6.22. The lowest BCUT2D eigenvalue weighted by atomic mass is 9.84. The van der Waals surface area contributed by atoms with E-state index in [1.807, 2.05) is 6.92 Å². The zero-order chi connectivity index (χ0) is 21.8. The summed E-state index contributed by atoms with van der Waals surface area (Å²) in [7, 11) is 0. The van der Waals surface area contributed by atoms with Crippen LogP contribution < -0.4 is 0 Å². The minimum Gasteiger partial charge on any atom is -0.381 e. The molecule has 0 heterocycles. The van der Waals surface area contributed by atoms with E-state index in [1.165, 1.54) is 6.08 Å². The summed E-state index contributed by atoms with van der Waals surface area (Å²) in [6.45, 7) is 7.17. The van der Waals surface area contributed by atoms with Crippen molar-refractivity contribution >= 4 is 22.9 Å². The lowest BCUT2D eigenvalue weighted by Gasteiger charge is -2.26. The normalized spacial score (nSPS) is 23.7. The van der Waals surface area contributed by atoms with Crippen LogP contribution in [0.25, 0.3) is 5.57 Å². The number of ketones is 3. The van der Waals surface area contributed by atoms with Crippen molar-refractivity contribution in [2.24, 2.45) is 5.92 Å². The molecule has 3 atom stereocenters. The fraction of sp³-hybridized carbons (Fsp3) is 0.375. The average molecular weight is 396 g/mol. The second-order valence-electron chi connectivity index (χ2n) is 7.58. The summed E-state index contributed by atoms with van der Waals surface area (Å²) >= 11 is 0. The number of rotatable bonds is 8. The molecule has 0 spiro atoms. The molecule has 0 unspecified atom stereocenters. The molecule has 0 aliphatic heterocycles. The maximum absolute atomic E-state index is 12.7. The summed E-state index contributed by atoms with van der Waals surface area (Å²) in [6.07, 6.45) is 3.88. The Hall–Kier alpha value is -2.63. The van der Waals surface area contributed by atoms with Crippen LogP contribution in [0, 0.1) is 5.92 Å². The third kappa shape index (κ3) is 4.69. The van der Waals surface area contributed by atoms with Crippen molar-refractivity contribution in [2.45, 2.75) is 52.2 Å². The van der Waals surface area contributed by atoms with Crippen LogP contribution >= 0.6 is 0 Å². The molecular formula is C24H28O5. The zero-order valence-electron chi connectivity index (χ0n) is 17.3. The minimum absolute atomic E-state index is 0.0109. The van der Waals surface area contributed by atoms with Gasteiger partial charge < -0.3 is 10.2 Å². The Morgan fingerprint density at radius 2 is 1.79 bits per heavy atom. The number of carbonyl (C=O) groups is 3. The van der Waals surface area contributed by atoms with E-state index < -0.39 is 23.3 Å². The van der Waals surface area contributed by atoms with Crippen LogP contribution in [0.15, 0.2) is 59.7 Å². The van der Waals surface area contributed by atoms with Gasteiger partial charge in [0.15, 0.2) is 29.1 Å². The fourth-order valence-corrected chi connectivity index (χ4v) is 3.47. The molecular weight excluding hydrogens is 368 g/mol. The van der Waals surface area contributed by atoms with Crippen molar-refractivity contribution in [3.63, 3.8) is 0 Å². The molecule has 2 rings (SSSR count). The van der Waals surface area contributed by atoms with Crippen LogP contribution in [-0.2, 0) is 14.4 Å². The molecule has 0 saturated heterocycles. The van der Waals surface area contributed by atoms with Crippen molar-refractivity contribution in [1.29, 1.82) is 0 Å². The molecule has 0 saturated carbocycles. The number of aliphatic hydroxyl groups is 2. The summed E-state index contributed by atoms with van der Waals surface area (Å²) in [6, 6.07) is 8.41. The van der Waals surface area contributed by atoms with Gasteiger partial charge in [0.25, 0.3) is 0 Å². The number of carbonyl (C=O) groups excluding carboxylic acids is 3. The Labute approximate surface area is 171 Å². The van der Waals surface area contributed by atoms with Gasteiger partial charge in [-0.05, 0) is 31.4 Å². The molecule has 1 aromatic carbocycles. The SMILES string of the molecule is CC[C@H](C)/C=C(C)/C=C/C(=O)CC1=C(c2ccccc2)[C@](O)(C(C)=O)[C@@H](O)C1=O. The van der Waals surface area contributed by atoms with Gasteiger partial charge in [-0.25, -0.2) is 0 Å². The van der Waals surface area contributed by atoms with E-state index in [2.05, 4.69) is 19.9 Å². The van der Waals surface area contributed by atoms with Crippen LogP contribution in [0.3, 0.4) is 0 Å². The van der Waals surface area contributed by atoms with Gasteiger partial charge in [-0.3, -0.25) is 14.4 Å². The van der Waals surface area contributed by atoms with Gasteiger partial charge in [0.05, 0.1) is 0 Å². The van der Waals surface area contributed by atoms with Crippen LogP contribution in [0.5, 0.6) is 0 Å². The molecule has 5 heteroatoms. The third-order valence-electron chi connectivity index (χ3n) is 5.30. The highest BCUT2D eigenvalue weighted by Crippen LogP contribution is 2.42. The van der Waals surface area contributed by atoms with Crippen molar-refractivity contribution in [2.75, 3.05) is 0 Å². The summed E-state index contributed by atoms with van der Waals surface area (Å²) in [5.41, 5.74) is -1.02. The maximum Gasteiger partial charge on any atom is 0.191 e. The molecule has 0 fully saturated rings. The van der Waals surface area contributed by atoms with E-state index in [4.69, 9.17) is 0 Å². The molecule has 0 amide bonds. The molecule has 29 heavy (non-hydrogen) atoms. The van der Waals surface area contributed by atoms with Gasteiger partial charge in [-0.15, -0.1) is 0 Å². The van der Waals surface area contributed by atoms with Gasteiger partial charge in [-0.2, -0.15) is 0 Å². The first-order valence-corrected chi connectivity index (χ1v) is 9.76. The molecule has 154 valence electrons. The molecule has 2 N–H and O–H groups in total. The highest BCUT2D eigenvalue weighted by atomic mass is 16.4. The van der Waals surface area contributed by atoms with Gasteiger partial charge in [-0.1, -0.05) is 68.3 Å². The first-order valence-electron chi connectivity index (χ1n) is 9.76. The van der Waals surface area contributed by atoms with E-state index in [-0.39, 0.29) is 23.4 Å². The number of aliphatic hydroxyl groups excluding tert-OH is 1. The van der Waals surface area contributed by atoms with Gasteiger partial charge >= 0.3 is 0 Å². The number of allylic oxidation sites excluding steroid dienone is 4. The Kier molecular flexibility index (Phi) is 7.22. The predicted molar refractivity (Wildman–Crippen MR) is 112 cm³/mol. The van der Waals surface area contributed by atoms with E-state index in [9.17, 15) is 24.6 Å². The average Bonchev–Trinajstić information content (AvgIpc) is 2.89. The Balaban J connectivity index is 2.43. The van der Waals surface area contributed by atoms with Crippen molar-refractivity contribution in [3.8, 4) is 0 Å². The zero-order valence-corrected chi connectivity index (χ0v) is 17.3. The monoisotopic (exact) mass is 396 g/mol. The Morgan fingerprint density at radius 3 is 2.34 bits per heavy atom. The van der Waals surface area contributed by atoms with Crippen LogP contribution in [0.4, 0.5) is 0 Å². The summed E-state index contributed by atoms with van der Waals surface area (Å²) in [5, 5.41) is 21.3. The predicted octanol–water partition coefficient (Wildman–Crippen LogP) is 3.21. The van der Waals surface area contributed by atoms with Crippen molar-refractivity contribution in [1.82, 2.24) is 0 Å². The van der Waals surface area contributed by atoms with Crippen molar-refractivity contribution in [3.05, 3.63) is 65.3 Å². The van der Waals surface area contributed by atoms with Gasteiger partial charge in [0, 0.05) is 17.6 Å². The summed E-state index contributed by atoms with van der Waals surface area (Å²) < 4.78 is 0. The summed E-state index contributed by atoms with van der Waals surface area (Å²) in [4.78, 5) is 37.4. The number of benzene rings is 1. The highest BCUT2D eigenvalue weighted by Gasteiger charge is 2.55. The van der Waals surface area contributed by atoms with E-state index in [0.29, 0.717) is 11.5 Å². The molecule has 1 aliphatic carbocycles. The summed E-state index contributed by atoms with van der Waals surface area (Å²) in [5.74, 6) is -1.50. The Bertz CT molecular complexity index is 891. The van der Waals surface area contributed by atoms with Gasteiger partial charge in [0.1, 0.15) is 0 Å². The molecule has 5 nitrogen and oxygen atoms in total. The maximum atomic E-state index is 12.7. The lowest BCUT2D eigenvalue weighted by Crippen LogP contribution is -2.48. The molecule has 0 bridgehead atoms. The topological polar surface area (TPSA) is 91.7 Å². The van der Waals surface area contributed by atoms with E-state index >= 15 is 0 Å². The van der Waals surface area contributed by atoms with E-state index in [0.717, 1.165) is 18.9 Å². The standard InChI is InChI=1S/C24H28O5/c1-5-15(2)13-16(3)11-12-19(26)14-20-21(18-9-7-6-8-10-18)24(29,17(4)25)23(28)22(20)27/h6-13,15,23,28-29H,5,14H2,1-4H3/b12-11+,16-13+/t15-,23-,24+/m0/s1. The number of hydrogen-bond acceptors (Lipinski definition) is 5. The smallest absolute Gasteiger partial charge is 0.191 e. The largest absolute Gasteiger partial charge is 0.381 e. The molecule has 1 aromatic rings. The lowest BCUT2D eigenvalue weighted by molar-refractivity contribution is -0.145.